The number of rotatable bonds is 2. The fourth-order valence-corrected chi connectivity index (χ4v) is 3.07. The van der Waals surface area contributed by atoms with Crippen LogP contribution in [-0.2, 0) is 0 Å². The minimum atomic E-state index is 0.692. The zero-order valence-corrected chi connectivity index (χ0v) is 7.97. The lowest BCUT2D eigenvalue weighted by molar-refractivity contribution is 0.303. The fourth-order valence-electron chi connectivity index (χ4n) is 1.79. The van der Waals surface area contributed by atoms with E-state index >= 15 is 0 Å². The molecule has 1 aliphatic heterocycles. The topological polar surface area (TPSA) is 0 Å². The Morgan fingerprint density at radius 1 is 1.50 bits per heavy atom. The molecule has 1 atom stereocenters. The van der Waals surface area contributed by atoms with E-state index in [4.69, 9.17) is 0 Å². The number of thioether (sulfide) groups is 1. The van der Waals surface area contributed by atoms with Crippen molar-refractivity contribution in [2.75, 3.05) is 11.5 Å². The molecule has 1 saturated heterocycles. The lowest BCUT2D eigenvalue weighted by atomic mass is 9.83. The third kappa shape index (κ3) is 2.19. The number of hydrogen-bond donors (Lipinski definition) is 0. The summed E-state index contributed by atoms with van der Waals surface area (Å²) < 4.78 is 0. The molecular formula is C9H18S. The Labute approximate surface area is 68.8 Å². The molecule has 60 valence electrons. The highest BCUT2D eigenvalue weighted by atomic mass is 32.2. The van der Waals surface area contributed by atoms with Crippen molar-refractivity contribution in [3.63, 3.8) is 0 Å². The van der Waals surface area contributed by atoms with Crippen molar-refractivity contribution in [1.82, 2.24) is 0 Å². The van der Waals surface area contributed by atoms with E-state index in [1.54, 1.807) is 0 Å². The van der Waals surface area contributed by atoms with Crippen molar-refractivity contribution < 1.29 is 0 Å². The second-order valence-corrected chi connectivity index (χ2v) is 4.82. The summed E-state index contributed by atoms with van der Waals surface area (Å²) in [7, 11) is 0. The van der Waals surface area contributed by atoms with Crippen molar-refractivity contribution in [3.8, 4) is 0 Å². The van der Waals surface area contributed by atoms with E-state index in [-0.39, 0.29) is 0 Å². The Balaban J connectivity index is 2.32. The molecule has 1 heteroatoms. The van der Waals surface area contributed by atoms with Crippen LogP contribution in [0.15, 0.2) is 0 Å². The van der Waals surface area contributed by atoms with Gasteiger partial charge in [0.05, 0.1) is 0 Å². The summed E-state index contributed by atoms with van der Waals surface area (Å²) in [5.41, 5.74) is 0.692. The highest BCUT2D eigenvalue weighted by Gasteiger charge is 2.25. The molecule has 0 amide bonds. The Morgan fingerprint density at radius 3 is 2.80 bits per heavy atom. The molecule has 0 aliphatic carbocycles. The fraction of sp³-hybridized carbons (Fsp3) is 1.00. The zero-order chi connectivity index (χ0) is 7.45. The van der Waals surface area contributed by atoms with Crippen molar-refractivity contribution >= 4 is 11.8 Å². The number of hydrogen-bond acceptors (Lipinski definition) is 1. The van der Waals surface area contributed by atoms with Gasteiger partial charge in [-0.3, -0.25) is 0 Å². The predicted octanol–water partition coefficient (Wildman–Crippen LogP) is 3.32. The molecule has 1 aliphatic rings. The molecule has 1 fully saturated rings. The first-order valence-electron chi connectivity index (χ1n) is 4.35. The summed E-state index contributed by atoms with van der Waals surface area (Å²) in [6.07, 6.45) is 5.70. The zero-order valence-electron chi connectivity index (χ0n) is 7.15. The second-order valence-electron chi connectivity index (χ2n) is 3.72. The average molecular weight is 158 g/mol. The monoisotopic (exact) mass is 158 g/mol. The smallest absolute Gasteiger partial charge is 0.00134 e. The Kier molecular flexibility index (Phi) is 3.09. The summed E-state index contributed by atoms with van der Waals surface area (Å²) in [6, 6.07) is 0. The lowest BCUT2D eigenvalue weighted by Crippen LogP contribution is -2.23. The molecule has 0 spiro atoms. The van der Waals surface area contributed by atoms with Gasteiger partial charge in [-0.2, -0.15) is 11.8 Å². The van der Waals surface area contributed by atoms with E-state index in [1.807, 2.05) is 0 Å². The van der Waals surface area contributed by atoms with Crippen LogP contribution in [0.4, 0.5) is 0 Å². The van der Waals surface area contributed by atoms with E-state index in [1.165, 1.54) is 37.2 Å². The van der Waals surface area contributed by atoms with Crippen LogP contribution < -0.4 is 0 Å². The summed E-state index contributed by atoms with van der Waals surface area (Å²) in [4.78, 5) is 0. The van der Waals surface area contributed by atoms with E-state index < -0.39 is 0 Å². The Hall–Kier alpha value is 0.350. The third-order valence-corrected chi connectivity index (χ3v) is 3.85. The summed E-state index contributed by atoms with van der Waals surface area (Å²) >= 11 is 2.14. The van der Waals surface area contributed by atoms with E-state index in [2.05, 4.69) is 25.6 Å². The first kappa shape index (κ1) is 8.45. The van der Waals surface area contributed by atoms with Gasteiger partial charge in [0, 0.05) is 0 Å². The van der Waals surface area contributed by atoms with E-state index in [0.29, 0.717) is 5.41 Å². The van der Waals surface area contributed by atoms with E-state index in [9.17, 15) is 0 Å². The van der Waals surface area contributed by atoms with Crippen molar-refractivity contribution in [2.24, 2.45) is 5.41 Å². The average Bonchev–Trinajstić information content (AvgIpc) is 1.89. The SMILES string of the molecule is CCCC1(C)CCCSC1. The van der Waals surface area contributed by atoms with Gasteiger partial charge in [0.2, 0.25) is 0 Å². The van der Waals surface area contributed by atoms with Gasteiger partial charge in [0.25, 0.3) is 0 Å². The molecule has 1 unspecified atom stereocenters. The maximum Gasteiger partial charge on any atom is -0.00134 e. The molecule has 1 rings (SSSR count). The van der Waals surface area contributed by atoms with Crippen LogP contribution in [0.2, 0.25) is 0 Å². The Morgan fingerprint density at radius 2 is 2.30 bits per heavy atom. The minimum Gasteiger partial charge on any atom is -0.161 e. The molecule has 0 nitrogen and oxygen atoms in total. The summed E-state index contributed by atoms with van der Waals surface area (Å²) in [5.74, 6) is 2.81. The second kappa shape index (κ2) is 3.66. The maximum absolute atomic E-state index is 2.45. The Bertz CT molecular complexity index is 87.4. The van der Waals surface area contributed by atoms with Crippen LogP contribution in [0.3, 0.4) is 0 Å². The largest absolute Gasteiger partial charge is 0.161 e. The normalized spacial score (nSPS) is 34.2. The molecule has 0 radical (unpaired) electrons. The van der Waals surface area contributed by atoms with Gasteiger partial charge in [-0.25, -0.2) is 0 Å². The molecule has 1 heterocycles. The summed E-state index contributed by atoms with van der Waals surface area (Å²) in [5, 5.41) is 0. The van der Waals surface area contributed by atoms with Gasteiger partial charge in [-0.05, 0) is 36.2 Å². The molecule has 10 heavy (non-hydrogen) atoms. The molecule has 0 saturated carbocycles. The van der Waals surface area contributed by atoms with Crippen LogP contribution in [0.25, 0.3) is 0 Å². The standard InChI is InChI=1S/C9H18S/c1-3-5-9(2)6-4-7-10-8-9/h3-8H2,1-2H3. The minimum absolute atomic E-state index is 0.692. The molecule has 0 N–H and O–H groups in total. The molecule has 0 aromatic rings. The van der Waals surface area contributed by atoms with Gasteiger partial charge in [0.1, 0.15) is 0 Å². The molecule has 0 bridgehead atoms. The van der Waals surface area contributed by atoms with Crippen LogP contribution in [0, 0.1) is 5.41 Å². The van der Waals surface area contributed by atoms with Gasteiger partial charge in [0.15, 0.2) is 0 Å². The van der Waals surface area contributed by atoms with Crippen molar-refractivity contribution in [3.05, 3.63) is 0 Å². The van der Waals surface area contributed by atoms with Crippen LogP contribution in [-0.4, -0.2) is 11.5 Å². The van der Waals surface area contributed by atoms with Crippen LogP contribution in [0.1, 0.15) is 39.5 Å². The van der Waals surface area contributed by atoms with E-state index in [0.717, 1.165) is 0 Å². The van der Waals surface area contributed by atoms with Crippen molar-refractivity contribution in [1.29, 1.82) is 0 Å². The third-order valence-electron chi connectivity index (χ3n) is 2.37. The molecule has 0 aromatic carbocycles. The predicted molar refractivity (Wildman–Crippen MR) is 49.6 cm³/mol. The maximum atomic E-state index is 2.45. The molecular weight excluding hydrogens is 140 g/mol. The van der Waals surface area contributed by atoms with Gasteiger partial charge in [-0.15, -0.1) is 0 Å². The first-order chi connectivity index (χ1) is 4.77. The van der Waals surface area contributed by atoms with Gasteiger partial charge in [-0.1, -0.05) is 20.3 Å². The van der Waals surface area contributed by atoms with Gasteiger partial charge < -0.3 is 0 Å². The van der Waals surface area contributed by atoms with Crippen LogP contribution in [0.5, 0.6) is 0 Å². The van der Waals surface area contributed by atoms with Crippen LogP contribution >= 0.6 is 11.8 Å². The highest BCUT2D eigenvalue weighted by molar-refractivity contribution is 7.99. The first-order valence-corrected chi connectivity index (χ1v) is 5.50. The van der Waals surface area contributed by atoms with Crippen molar-refractivity contribution in [2.45, 2.75) is 39.5 Å². The lowest BCUT2D eigenvalue weighted by Gasteiger charge is -2.32. The summed E-state index contributed by atoms with van der Waals surface area (Å²) in [6.45, 7) is 4.74. The molecule has 0 aromatic heterocycles. The highest BCUT2D eigenvalue weighted by Crippen LogP contribution is 2.37. The quantitative estimate of drug-likeness (QED) is 0.594. The van der Waals surface area contributed by atoms with Gasteiger partial charge >= 0.3 is 0 Å².